The molecule has 0 unspecified atom stereocenters. The number of allylic oxidation sites excluding steroid dienone is 1. The SMILES string of the molecule is O=C1C=C(c2ccccc2)c2ccc(Cl)cc21.O[C@H]1C[C@@H](c2ccccc2)c2ccc(Cl)cc21. The Morgan fingerprint density at radius 2 is 1.35 bits per heavy atom. The first-order chi connectivity index (χ1) is 16.5. The smallest absolute Gasteiger partial charge is 0.187 e. The van der Waals surface area contributed by atoms with Crippen molar-refractivity contribution in [3.63, 3.8) is 0 Å². The Hall–Kier alpha value is -3.17. The Morgan fingerprint density at radius 1 is 0.706 bits per heavy atom. The Labute approximate surface area is 209 Å². The predicted octanol–water partition coefficient (Wildman–Crippen LogP) is 7.88. The van der Waals surface area contributed by atoms with Crippen LogP contribution in [0.2, 0.25) is 10.0 Å². The second kappa shape index (κ2) is 9.60. The normalized spacial score (nSPS) is 18.0. The fraction of sp³-hybridized carbons (Fsp3) is 0.100. The lowest BCUT2D eigenvalue weighted by atomic mass is 9.93. The molecule has 1 N–H and O–H groups in total. The lowest BCUT2D eigenvalue weighted by Crippen LogP contribution is -1.95. The molecule has 0 bridgehead atoms. The average Bonchev–Trinajstić information content (AvgIpc) is 3.37. The highest BCUT2D eigenvalue weighted by atomic mass is 35.5. The molecule has 2 aliphatic rings. The summed E-state index contributed by atoms with van der Waals surface area (Å²) in [6, 6.07) is 31.5. The molecule has 2 nitrogen and oxygen atoms in total. The number of aliphatic hydroxyl groups excluding tert-OH is 1. The van der Waals surface area contributed by atoms with Crippen molar-refractivity contribution >= 4 is 34.6 Å². The number of rotatable bonds is 2. The van der Waals surface area contributed by atoms with Crippen molar-refractivity contribution in [3.8, 4) is 0 Å². The molecule has 0 aromatic heterocycles. The number of hydrogen-bond acceptors (Lipinski definition) is 2. The van der Waals surface area contributed by atoms with Crippen LogP contribution in [0.1, 0.15) is 56.6 Å². The van der Waals surface area contributed by atoms with Crippen LogP contribution in [0.15, 0.2) is 103 Å². The van der Waals surface area contributed by atoms with E-state index in [1.807, 2.05) is 78.9 Å². The van der Waals surface area contributed by atoms with Gasteiger partial charge < -0.3 is 5.11 Å². The monoisotopic (exact) mass is 484 g/mol. The van der Waals surface area contributed by atoms with Crippen LogP contribution in [0.4, 0.5) is 0 Å². The first-order valence-electron chi connectivity index (χ1n) is 11.1. The summed E-state index contributed by atoms with van der Waals surface area (Å²) in [6.45, 7) is 0. The van der Waals surface area contributed by atoms with Crippen molar-refractivity contribution in [3.05, 3.63) is 147 Å². The summed E-state index contributed by atoms with van der Waals surface area (Å²) in [5.74, 6) is 0.319. The van der Waals surface area contributed by atoms with E-state index in [4.69, 9.17) is 23.2 Å². The third kappa shape index (κ3) is 4.45. The van der Waals surface area contributed by atoms with Crippen LogP contribution in [0.3, 0.4) is 0 Å². The molecule has 0 spiro atoms. The predicted molar refractivity (Wildman–Crippen MR) is 139 cm³/mol. The fourth-order valence-corrected chi connectivity index (χ4v) is 5.08. The van der Waals surface area contributed by atoms with Crippen LogP contribution in [-0.2, 0) is 0 Å². The number of fused-ring (bicyclic) bond motifs is 2. The number of benzene rings is 4. The van der Waals surface area contributed by atoms with E-state index in [0.29, 0.717) is 21.5 Å². The molecule has 0 radical (unpaired) electrons. The van der Waals surface area contributed by atoms with Gasteiger partial charge in [-0.05, 0) is 70.2 Å². The van der Waals surface area contributed by atoms with Crippen molar-refractivity contribution in [2.45, 2.75) is 18.4 Å². The molecule has 0 aliphatic heterocycles. The molecule has 0 amide bonds. The summed E-state index contributed by atoms with van der Waals surface area (Å²) >= 11 is 11.9. The van der Waals surface area contributed by atoms with E-state index < -0.39 is 6.10 Å². The summed E-state index contributed by atoms with van der Waals surface area (Å²) in [7, 11) is 0. The van der Waals surface area contributed by atoms with Gasteiger partial charge in [0.15, 0.2) is 5.78 Å². The largest absolute Gasteiger partial charge is 0.388 e. The highest BCUT2D eigenvalue weighted by Gasteiger charge is 2.30. The molecular formula is C30H22Cl2O2. The molecule has 2 aliphatic carbocycles. The lowest BCUT2D eigenvalue weighted by molar-refractivity contribution is 0.105. The number of aliphatic hydroxyl groups is 1. The lowest BCUT2D eigenvalue weighted by Gasteiger charge is -2.11. The van der Waals surface area contributed by atoms with Gasteiger partial charge in [-0.2, -0.15) is 0 Å². The van der Waals surface area contributed by atoms with Crippen LogP contribution in [0.5, 0.6) is 0 Å². The third-order valence-corrected chi connectivity index (χ3v) is 6.81. The minimum Gasteiger partial charge on any atom is -0.388 e. The van der Waals surface area contributed by atoms with Crippen molar-refractivity contribution in [1.29, 1.82) is 0 Å². The Morgan fingerprint density at radius 3 is 2.09 bits per heavy atom. The van der Waals surface area contributed by atoms with Crippen molar-refractivity contribution in [1.82, 2.24) is 0 Å². The van der Waals surface area contributed by atoms with Gasteiger partial charge in [0.1, 0.15) is 0 Å². The van der Waals surface area contributed by atoms with E-state index in [1.54, 1.807) is 12.1 Å². The molecule has 4 aromatic rings. The Balaban J connectivity index is 0.000000142. The second-order valence-corrected chi connectivity index (χ2v) is 9.34. The molecule has 6 rings (SSSR count). The quantitative estimate of drug-likeness (QED) is 0.314. The van der Waals surface area contributed by atoms with E-state index in [9.17, 15) is 9.90 Å². The number of hydrogen-bond donors (Lipinski definition) is 1. The molecule has 168 valence electrons. The van der Waals surface area contributed by atoms with Gasteiger partial charge in [0, 0.05) is 21.5 Å². The molecule has 2 atom stereocenters. The molecular weight excluding hydrogens is 463 g/mol. The van der Waals surface area contributed by atoms with Gasteiger partial charge in [-0.25, -0.2) is 0 Å². The van der Waals surface area contributed by atoms with Crippen molar-refractivity contribution in [2.75, 3.05) is 0 Å². The van der Waals surface area contributed by atoms with Crippen molar-refractivity contribution in [2.24, 2.45) is 0 Å². The van der Waals surface area contributed by atoms with Crippen LogP contribution >= 0.6 is 23.2 Å². The highest BCUT2D eigenvalue weighted by Crippen LogP contribution is 2.44. The molecule has 0 saturated heterocycles. The fourth-order valence-electron chi connectivity index (χ4n) is 4.73. The van der Waals surface area contributed by atoms with Gasteiger partial charge in [0.05, 0.1) is 6.10 Å². The van der Waals surface area contributed by atoms with E-state index in [-0.39, 0.29) is 5.78 Å². The summed E-state index contributed by atoms with van der Waals surface area (Å²) < 4.78 is 0. The van der Waals surface area contributed by atoms with Gasteiger partial charge in [-0.3, -0.25) is 4.79 Å². The summed E-state index contributed by atoms with van der Waals surface area (Å²) in [4.78, 5) is 11.9. The summed E-state index contributed by atoms with van der Waals surface area (Å²) in [6.07, 6.45) is 2.03. The zero-order valence-corrected chi connectivity index (χ0v) is 19.8. The zero-order chi connectivity index (χ0) is 23.7. The van der Waals surface area contributed by atoms with Crippen molar-refractivity contribution < 1.29 is 9.90 Å². The van der Waals surface area contributed by atoms with Crippen LogP contribution in [0.25, 0.3) is 5.57 Å². The van der Waals surface area contributed by atoms with E-state index in [1.165, 1.54) is 11.1 Å². The average molecular weight is 485 g/mol. The van der Waals surface area contributed by atoms with Gasteiger partial charge in [-0.15, -0.1) is 0 Å². The number of carbonyl (C=O) groups excluding carboxylic acids is 1. The number of ketones is 1. The highest BCUT2D eigenvalue weighted by molar-refractivity contribution is 6.32. The molecule has 4 aromatic carbocycles. The standard InChI is InChI=1S/C15H13ClO.C15H9ClO/c2*16-11-6-7-12-13(9-15(17)14(12)8-11)10-4-2-1-3-5-10/h1-8,13,15,17H,9H2;1-9H/t13-,15-;/m0./s1. The summed E-state index contributed by atoms with van der Waals surface area (Å²) in [5.41, 5.74) is 7.12. The minimum atomic E-state index is -0.395. The maximum atomic E-state index is 11.9. The first kappa shape index (κ1) is 22.6. The molecule has 34 heavy (non-hydrogen) atoms. The minimum absolute atomic E-state index is 0.0290. The van der Waals surface area contributed by atoms with Gasteiger partial charge >= 0.3 is 0 Å². The maximum Gasteiger partial charge on any atom is 0.187 e. The molecule has 0 fully saturated rings. The van der Waals surface area contributed by atoms with Crippen LogP contribution in [0, 0.1) is 0 Å². The van der Waals surface area contributed by atoms with Crippen LogP contribution in [-0.4, -0.2) is 10.9 Å². The number of carbonyl (C=O) groups is 1. The van der Waals surface area contributed by atoms with Gasteiger partial charge in [0.2, 0.25) is 0 Å². The number of halogens is 2. The third-order valence-electron chi connectivity index (χ3n) is 6.34. The van der Waals surface area contributed by atoms with E-state index in [0.717, 1.165) is 28.7 Å². The Kier molecular flexibility index (Phi) is 6.38. The van der Waals surface area contributed by atoms with Gasteiger partial charge in [0.25, 0.3) is 0 Å². The molecule has 4 heteroatoms. The van der Waals surface area contributed by atoms with Crippen LogP contribution < -0.4 is 0 Å². The molecule has 0 heterocycles. The zero-order valence-electron chi connectivity index (χ0n) is 18.3. The Bertz CT molecular complexity index is 1380. The topological polar surface area (TPSA) is 37.3 Å². The van der Waals surface area contributed by atoms with E-state index >= 15 is 0 Å². The van der Waals surface area contributed by atoms with E-state index in [2.05, 4.69) is 12.1 Å². The molecule has 0 saturated carbocycles. The second-order valence-electron chi connectivity index (χ2n) is 8.47. The summed E-state index contributed by atoms with van der Waals surface area (Å²) in [5, 5.41) is 11.4. The van der Waals surface area contributed by atoms with Gasteiger partial charge in [-0.1, -0.05) is 96.0 Å². The first-order valence-corrected chi connectivity index (χ1v) is 11.9. The maximum absolute atomic E-state index is 11.9.